The Bertz CT molecular complexity index is 1100. The van der Waals surface area contributed by atoms with Crippen LogP contribution < -0.4 is 10.1 Å². The summed E-state index contributed by atoms with van der Waals surface area (Å²) in [5, 5.41) is 3.60. The van der Waals surface area contributed by atoms with Crippen molar-refractivity contribution in [3.63, 3.8) is 0 Å². The maximum atomic E-state index is 13.8. The number of benzene rings is 1. The van der Waals surface area contributed by atoms with Crippen LogP contribution in [-0.2, 0) is 25.5 Å². The summed E-state index contributed by atoms with van der Waals surface area (Å²) < 4.78 is 15.8. The van der Waals surface area contributed by atoms with Gasteiger partial charge in [0.05, 0.1) is 20.3 Å². The van der Waals surface area contributed by atoms with Crippen molar-refractivity contribution in [3.05, 3.63) is 29.5 Å². The summed E-state index contributed by atoms with van der Waals surface area (Å²) in [4.78, 5) is 44.1. The van der Waals surface area contributed by atoms with E-state index in [2.05, 4.69) is 24.1 Å². The molecule has 35 heavy (non-hydrogen) atoms. The van der Waals surface area contributed by atoms with Crippen molar-refractivity contribution in [2.24, 2.45) is 5.92 Å². The number of carbonyl (C=O) groups excluding carboxylic acids is 3. The molecule has 192 valence electrons. The van der Waals surface area contributed by atoms with Gasteiger partial charge in [0.1, 0.15) is 23.4 Å². The summed E-state index contributed by atoms with van der Waals surface area (Å²) in [5.74, 6) is 0.0719. The second-order valence-electron chi connectivity index (χ2n) is 10.4. The predicted molar refractivity (Wildman–Crippen MR) is 132 cm³/mol. The van der Waals surface area contributed by atoms with Crippen LogP contribution in [0.15, 0.2) is 18.2 Å². The molecule has 9 heteroatoms. The molecule has 0 fully saturated rings. The Labute approximate surface area is 206 Å². The number of hydrogen-bond acceptors (Lipinski definition) is 6. The van der Waals surface area contributed by atoms with Crippen molar-refractivity contribution < 1.29 is 28.6 Å². The molecule has 3 atom stereocenters. The van der Waals surface area contributed by atoms with E-state index in [1.807, 2.05) is 18.2 Å². The molecule has 3 rings (SSSR count). The molecule has 1 aromatic carbocycles. The number of amides is 2. The molecule has 0 radical (unpaired) electrons. The lowest BCUT2D eigenvalue weighted by atomic mass is 9.87. The Morgan fingerprint density at radius 2 is 1.86 bits per heavy atom. The average molecular weight is 488 g/mol. The number of aromatic nitrogens is 1. The van der Waals surface area contributed by atoms with E-state index in [-0.39, 0.29) is 11.8 Å². The summed E-state index contributed by atoms with van der Waals surface area (Å²) in [6, 6.07) is 3.62. The lowest BCUT2D eigenvalue weighted by molar-refractivity contribution is -0.157. The van der Waals surface area contributed by atoms with E-state index in [9.17, 15) is 14.4 Å². The molecule has 1 aliphatic rings. The Morgan fingerprint density at radius 3 is 2.43 bits per heavy atom. The second kappa shape index (κ2) is 10.2. The van der Waals surface area contributed by atoms with E-state index in [0.29, 0.717) is 18.6 Å². The number of nitrogens with one attached hydrogen (secondary N) is 2. The number of ether oxygens (including phenoxy) is 3. The normalized spacial score (nSPS) is 18.7. The zero-order valence-corrected chi connectivity index (χ0v) is 21.9. The van der Waals surface area contributed by atoms with Crippen molar-refractivity contribution in [3.8, 4) is 5.75 Å². The van der Waals surface area contributed by atoms with Crippen LogP contribution in [-0.4, -0.2) is 59.8 Å². The molecule has 2 amide bonds. The van der Waals surface area contributed by atoms with E-state index in [1.165, 1.54) is 7.11 Å². The standard InChI is InChI=1S/C26H37N3O6/c1-14(2)11-20-22-18(17-10-9-16(33-7)12-19(17)28-22)13-21(24(31)34-8)29(20)23(30)15(3)27-25(32)35-26(4,5)6/h9-10,12,14-15,20-21,28H,11,13H2,1-8H3,(H,27,32)/t15-,20-,21+/m0/s1. The van der Waals surface area contributed by atoms with Crippen LogP contribution >= 0.6 is 0 Å². The third-order valence-electron chi connectivity index (χ3n) is 6.07. The molecule has 2 N–H and O–H groups in total. The first-order chi connectivity index (χ1) is 16.4. The highest BCUT2D eigenvalue weighted by molar-refractivity contribution is 5.93. The van der Waals surface area contributed by atoms with Crippen LogP contribution in [0.4, 0.5) is 4.79 Å². The average Bonchev–Trinajstić information content (AvgIpc) is 3.13. The molecule has 9 nitrogen and oxygen atoms in total. The highest BCUT2D eigenvalue weighted by Crippen LogP contribution is 2.41. The number of nitrogens with zero attached hydrogens (tertiary/aromatic N) is 1. The Kier molecular flexibility index (Phi) is 7.67. The molecule has 2 heterocycles. The Balaban J connectivity index is 2.05. The first-order valence-electron chi connectivity index (χ1n) is 11.9. The molecule has 0 bridgehead atoms. The van der Waals surface area contributed by atoms with Crippen LogP contribution in [0.2, 0.25) is 0 Å². The van der Waals surface area contributed by atoms with Gasteiger partial charge in [-0.15, -0.1) is 0 Å². The van der Waals surface area contributed by atoms with Gasteiger partial charge in [0.15, 0.2) is 0 Å². The maximum Gasteiger partial charge on any atom is 0.408 e. The zero-order valence-electron chi connectivity index (χ0n) is 21.9. The fourth-order valence-corrected chi connectivity index (χ4v) is 4.62. The van der Waals surface area contributed by atoms with Gasteiger partial charge in [0, 0.05) is 29.1 Å². The SMILES string of the molecule is COC(=O)[C@H]1Cc2c([nH]c3cc(OC)ccc23)[C@H](CC(C)C)N1C(=O)[C@H](C)NC(=O)OC(C)(C)C. The minimum atomic E-state index is -0.905. The van der Waals surface area contributed by atoms with E-state index in [1.54, 1.807) is 39.7 Å². The van der Waals surface area contributed by atoms with Crippen LogP contribution in [0.1, 0.15) is 65.3 Å². The number of H-pyrrole nitrogens is 1. The van der Waals surface area contributed by atoms with Gasteiger partial charge in [-0.25, -0.2) is 9.59 Å². The largest absolute Gasteiger partial charge is 0.497 e. The Morgan fingerprint density at radius 1 is 1.17 bits per heavy atom. The molecule has 2 aromatic rings. The summed E-state index contributed by atoms with van der Waals surface area (Å²) in [6.07, 6.45) is 0.229. The molecule has 0 unspecified atom stereocenters. The van der Waals surface area contributed by atoms with Crippen LogP contribution in [0.25, 0.3) is 10.9 Å². The molecular weight excluding hydrogens is 450 g/mol. The monoisotopic (exact) mass is 487 g/mol. The Hall–Kier alpha value is -3.23. The summed E-state index contributed by atoms with van der Waals surface area (Å²) in [5.41, 5.74) is 2.05. The van der Waals surface area contributed by atoms with Gasteiger partial charge in [0.2, 0.25) is 5.91 Å². The zero-order chi connectivity index (χ0) is 26.1. The fourth-order valence-electron chi connectivity index (χ4n) is 4.62. The number of carbonyl (C=O) groups is 3. The quantitative estimate of drug-likeness (QED) is 0.594. The topological polar surface area (TPSA) is 110 Å². The molecule has 0 aliphatic carbocycles. The first-order valence-corrected chi connectivity index (χ1v) is 11.9. The van der Waals surface area contributed by atoms with Gasteiger partial charge in [0.25, 0.3) is 0 Å². The van der Waals surface area contributed by atoms with Crippen LogP contribution in [0, 0.1) is 5.92 Å². The number of methoxy groups -OCH3 is 2. The summed E-state index contributed by atoms with van der Waals surface area (Å²) >= 11 is 0. The van der Waals surface area contributed by atoms with E-state index in [0.717, 1.165) is 22.2 Å². The first kappa shape index (κ1) is 26.4. The van der Waals surface area contributed by atoms with Gasteiger partial charge in [-0.2, -0.15) is 0 Å². The van der Waals surface area contributed by atoms with Crippen LogP contribution in [0.5, 0.6) is 5.75 Å². The summed E-state index contributed by atoms with van der Waals surface area (Å²) in [7, 11) is 2.93. The van der Waals surface area contributed by atoms with E-state index < -0.39 is 35.8 Å². The van der Waals surface area contributed by atoms with Crippen molar-refractivity contribution in [1.82, 2.24) is 15.2 Å². The molecule has 1 aromatic heterocycles. The van der Waals surface area contributed by atoms with Gasteiger partial charge in [-0.1, -0.05) is 13.8 Å². The minimum Gasteiger partial charge on any atom is -0.497 e. The van der Waals surface area contributed by atoms with Crippen molar-refractivity contribution >= 4 is 28.9 Å². The molecule has 0 saturated carbocycles. The van der Waals surface area contributed by atoms with Gasteiger partial charge in [-0.05, 0) is 57.7 Å². The highest BCUT2D eigenvalue weighted by atomic mass is 16.6. The predicted octanol–water partition coefficient (Wildman–Crippen LogP) is 4.10. The smallest absolute Gasteiger partial charge is 0.408 e. The van der Waals surface area contributed by atoms with Gasteiger partial charge in [-0.3, -0.25) is 4.79 Å². The number of alkyl carbamates (subject to hydrolysis) is 1. The van der Waals surface area contributed by atoms with Crippen molar-refractivity contribution in [2.45, 2.75) is 78.1 Å². The van der Waals surface area contributed by atoms with Crippen molar-refractivity contribution in [2.75, 3.05) is 14.2 Å². The van der Waals surface area contributed by atoms with E-state index >= 15 is 0 Å². The maximum absolute atomic E-state index is 13.8. The fraction of sp³-hybridized carbons (Fsp3) is 0.577. The van der Waals surface area contributed by atoms with Crippen molar-refractivity contribution in [1.29, 1.82) is 0 Å². The molecule has 0 saturated heterocycles. The van der Waals surface area contributed by atoms with E-state index in [4.69, 9.17) is 14.2 Å². The van der Waals surface area contributed by atoms with Gasteiger partial charge < -0.3 is 29.4 Å². The minimum absolute atomic E-state index is 0.231. The molecule has 1 aliphatic heterocycles. The number of hydrogen-bond donors (Lipinski definition) is 2. The highest BCUT2D eigenvalue weighted by Gasteiger charge is 2.45. The third-order valence-corrected chi connectivity index (χ3v) is 6.07. The summed E-state index contributed by atoms with van der Waals surface area (Å²) in [6.45, 7) is 11.0. The van der Waals surface area contributed by atoms with Gasteiger partial charge >= 0.3 is 12.1 Å². The van der Waals surface area contributed by atoms with Crippen LogP contribution in [0.3, 0.4) is 0 Å². The lowest BCUT2D eigenvalue weighted by Gasteiger charge is -2.42. The third kappa shape index (κ3) is 5.71. The number of rotatable bonds is 6. The molecule has 0 spiro atoms. The second-order valence-corrected chi connectivity index (χ2v) is 10.4. The number of esters is 1. The lowest BCUT2D eigenvalue weighted by Crippen LogP contribution is -2.57. The number of fused-ring (bicyclic) bond motifs is 3. The number of aromatic amines is 1. The molecular formula is C26H37N3O6.